The number of ketones is 1. The molecule has 0 fully saturated rings. The number of hydrogen-bond donors (Lipinski definition) is 0. The zero-order valence-electron chi connectivity index (χ0n) is 9.67. The zero-order chi connectivity index (χ0) is 12.4. The van der Waals surface area contributed by atoms with Gasteiger partial charge in [-0.2, -0.15) is 11.3 Å². The number of carbonyl (C=O) groups is 1. The van der Waals surface area contributed by atoms with Crippen LogP contribution >= 0.6 is 11.3 Å². The Labute approximate surface area is 109 Å². The number of thiophene rings is 1. The van der Waals surface area contributed by atoms with Crippen molar-refractivity contribution < 1.29 is 4.79 Å². The van der Waals surface area contributed by atoms with Crippen LogP contribution in [0.2, 0.25) is 0 Å². The SMILES string of the molecule is O=C(Cc1ccsc1)c1cccc2ncccc12. The molecule has 2 nitrogen and oxygen atoms in total. The van der Waals surface area contributed by atoms with Crippen LogP contribution < -0.4 is 0 Å². The predicted octanol–water partition coefficient (Wildman–Crippen LogP) is 3.72. The van der Waals surface area contributed by atoms with Crippen molar-refractivity contribution in [2.45, 2.75) is 6.42 Å². The molecule has 1 aromatic carbocycles. The van der Waals surface area contributed by atoms with Gasteiger partial charge in [-0.05, 0) is 34.5 Å². The monoisotopic (exact) mass is 253 g/mol. The Bertz CT molecular complexity index is 683. The van der Waals surface area contributed by atoms with Crippen molar-refractivity contribution in [2.75, 3.05) is 0 Å². The molecule has 0 saturated heterocycles. The molecular weight excluding hydrogens is 242 g/mol. The van der Waals surface area contributed by atoms with E-state index in [9.17, 15) is 4.79 Å². The molecule has 0 saturated carbocycles. The zero-order valence-corrected chi connectivity index (χ0v) is 10.5. The predicted molar refractivity (Wildman–Crippen MR) is 74.1 cm³/mol. The number of nitrogens with zero attached hydrogens (tertiary/aromatic N) is 1. The van der Waals surface area contributed by atoms with Crippen LogP contribution in [0.3, 0.4) is 0 Å². The van der Waals surface area contributed by atoms with Crippen molar-refractivity contribution in [1.82, 2.24) is 4.98 Å². The first-order valence-electron chi connectivity index (χ1n) is 5.72. The Kier molecular flexibility index (Phi) is 2.90. The maximum atomic E-state index is 12.3. The summed E-state index contributed by atoms with van der Waals surface area (Å²) in [4.78, 5) is 16.6. The molecule has 0 spiro atoms. The molecule has 3 aromatic rings. The molecule has 88 valence electrons. The summed E-state index contributed by atoms with van der Waals surface area (Å²) in [6, 6.07) is 11.5. The quantitative estimate of drug-likeness (QED) is 0.666. The molecule has 0 aliphatic rings. The van der Waals surface area contributed by atoms with Gasteiger partial charge in [0.15, 0.2) is 5.78 Å². The maximum absolute atomic E-state index is 12.3. The second-order valence-corrected chi connectivity index (χ2v) is 4.89. The van der Waals surface area contributed by atoms with Gasteiger partial charge in [-0.25, -0.2) is 0 Å². The molecule has 3 rings (SSSR count). The van der Waals surface area contributed by atoms with Crippen LogP contribution in [0, 0.1) is 0 Å². The largest absolute Gasteiger partial charge is 0.294 e. The minimum absolute atomic E-state index is 0.145. The maximum Gasteiger partial charge on any atom is 0.167 e. The van der Waals surface area contributed by atoms with Gasteiger partial charge in [-0.3, -0.25) is 9.78 Å². The van der Waals surface area contributed by atoms with E-state index < -0.39 is 0 Å². The lowest BCUT2D eigenvalue weighted by Gasteiger charge is -2.04. The fourth-order valence-corrected chi connectivity index (χ4v) is 2.69. The molecule has 3 heteroatoms. The summed E-state index contributed by atoms with van der Waals surface area (Å²) < 4.78 is 0. The van der Waals surface area contributed by atoms with Gasteiger partial charge in [0, 0.05) is 23.6 Å². The average Bonchev–Trinajstić information content (AvgIpc) is 2.91. The van der Waals surface area contributed by atoms with Gasteiger partial charge in [-0.1, -0.05) is 18.2 Å². The third-order valence-electron chi connectivity index (χ3n) is 2.89. The van der Waals surface area contributed by atoms with Crippen LogP contribution in [-0.4, -0.2) is 10.8 Å². The van der Waals surface area contributed by atoms with Gasteiger partial charge >= 0.3 is 0 Å². The van der Waals surface area contributed by atoms with Crippen molar-refractivity contribution in [3.05, 3.63) is 64.5 Å². The van der Waals surface area contributed by atoms with Crippen LogP contribution in [0.4, 0.5) is 0 Å². The second-order valence-electron chi connectivity index (χ2n) is 4.11. The molecule has 0 aliphatic carbocycles. The summed E-state index contributed by atoms with van der Waals surface area (Å²) in [6.45, 7) is 0. The van der Waals surface area contributed by atoms with Gasteiger partial charge < -0.3 is 0 Å². The van der Waals surface area contributed by atoms with Crippen molar-refractivity contribution in [3.8, 4) is 0 Å². The van der Waals surface area contributed by atoms with Crippen molar-refractivity contribution >= 4 is 28.0 Å². The van der Waals surface area contributed by atoms with E-state index in [2.05, 4.69) is 4.98 Å². The van der Waals surface area contributed by atoms with E-state index >= 15 is 0 Å². The highest BCUT2D eigenvalue weighted by molar-refractivity contribution is 7.08. The third-order valence-corrected chi connectivity index (χ3v) is 3.62. The third kappa shape index (κ3) is 2.05. The van der Waals surface area contributed by atoms with E-state index in [1.165, 1.54) is 0 Å². The number of fused-ring (bicyclic) bond motifs is 1. The van der Waals surface area contributed by atoms with Crippen LogP contribution in [0.1, 0.15) is 15.9 Å². The number of Topliss-reactive ketones (excluding diaryl/α,β-unsaturated/α-hetero) is 1. The number of rotatable bonds is 3. The Hall–Kier alpha value is -2.00. The van der Waals surface area contributed by atoms with E-state index in [1.807, 2.05) is 47.2 Å². The number of hydrogen-bond acceptors (Lipinski definition) is 3. The molecule has 0 aliphatic heterocycles. The van der Waals surface area contributed by atoms with E-state index in [4.69, 9.17) is 0 Å². The smallest absolute Gasteiger partial charge is 0.167 e. The lowest BCUT2D eigenvalue weighted by molar-refractivity contribution is 0.0994. The molecule has 0 unspecified atom stereocenters. The highest BCUT2D eigenvalue weighted by atomic mass is 32.1. The summed E-state index contributed by atoms with van der Waals surface area (Å²) in [5.41, 5.74) is 2.70. The van der Waals surface area contributed by atoms with E-state index in [1.54, 1.807) is 17.5 Å². The van der Waals surface area contributed by atoms with Crippen LogP contribution in [0.15, 0.2) is 53.4 Å². The summed E-state index contributed by atoms with van der Waals surface area (Å²) in [6.07, 6.45) is 2.20. The number of pyridine rings is 1. The first-order chi connectivity index (χ1) is 8.84. The molecule has 0 radical (unpaired) electrons. The number of benzene rings is 1. The van der Waals surface area contributed by atoms with Gasteiger partial charge in [0.05, 0.1) is 5.52 Å². The van der Waals surface area contributed by atoms with Gasteiger partial charge in [0.2, 0.25) is 0 Å². The Balaban J connectivity index is 2.01. The highest BCUT2D eigenvalue weighted by Crippen LogP contribution is 2.19. The normalized spacial score (nSPS) is 10.7. The first kappa shape index (κ1) is 11.1. The molecule has 0 atom stereocenters. The van der Waals surface area contributed by atoms with E-state index in [0.29, 0.717) is 6.42 Å². The Morgan fingerprint density at radius 3 is 2.94 bits per heavy atom. The summed E-state index contributed by atoms with van der Waals surface area (Å²) >= 11 is 1.62. The van der Waals surface area contributed by atoms with Crippen LogP contribution in [0.25, 0.3) is 10.9 Å². The molecule has 2 aromatic heterocycles. The molecule has 0 N–H and O–H groups in total. The van der Waals surface area contributed by atoms with Crippen molar-refractivity contribution in [1.29, 1.82) is 0 Å². The van der Waals surface area contributed by atoms with E-state index in [0.717, 1.165) is 22.0 Å². The molecule has 2 heterocycles. The Morgan fingerprint density at radius 2 is 2.11 bits per heavy atom. The van der Waals surface area contributed by atoms with Crippen LogP contribution in [-0.2, 0) is 6.42 Å². The lowest BCUT2D eigenvalue weighted by atomic mass is 10.0. The minimum Gasteiger partial charge on any atom is -0.294 e. The lowest BCUT2D eigenvalue weighted by Crippen LogP contribution is -2.03. The second kappa shape index (κ2) is 4.70. The van der Waals surface area contributed by atoms with Gasteiger partial charge in [0.25, 0.3) is 0 Å². The minimum atomic E-state index is 0.145. The molecule has 0 amide bonds. The molecule has 0 bridgehead atoms. The number of aromatic nitrogens is 1. The molecule has 18 heavy (non-hydrogen) atoms. The fourth-order valence-electron chi connectivity index (χ4n) is 2.02. The highest BCUT2D eigenvalue weighted by Gasteiger charge is 2.11. The number of carbonyl (C=O) groups excluding carboxylic acids is 1. The van der Waals surface area contributed by atoms with E-state index in [-0.39, 0.29) is 5.78 Å². The standard InChI is InChI=1S/C15H11NOS/c17-15(9-11-6-8-18-10-11)13-3-1-5-14-12(13)4-2-7-16-14/h1-8,10H,9H2. The van der Waals surface area contributed by atoms with Gasteiger partial charge in [-0.15, -0.1) is 0 Å². The Morgan fingerprint density at radius 1 is 1.17 bits per heavy atom. The summed E-state index contributed by atoms with van der Waals surface area (Å²) in [5, 5.41) is 4.94. The van der Waals surface area contributed by atoms with Crippen molar-refractivity contribution in [3.63, 3.8) is 0 Å². The van der Waals surface area contributed by atoms with Gasteiger partial charge in [0.1, 0.15) is 0 Å². The van der Waals surface area contributed by atoms with Crippen LogP contribution in [0.5, 0.6) is 0 Å². The summed E-state index contributed by atoms with van der Waals surface area (Å²) in [7, 11) is 0. The fraction of sp³-hybridized carbons (Fsp3) is 0.0667. The summed E-state index contributed by atoms with van der Waals surface area (Å²) in [5.74, 6) is 0.145. The first-order valence-corrected chi connectivity index (χ1v) is 6.67. The average molecular weight is 253 g/mol. The molecular formula is C15H11NOS. The van der Waals surface area contributed by atoms with Crippen molar-refractivity contribution in [2.24, 2.45) is 0 Å². The topological polar surface area (TPSA) is 30.0 Å².